The predicted molar refractivity (Wildman–Crippen MR) is 65.9 cm³/mol. The molecule has 0 aliphatic carbocycles. The molecule has 1 aliphatic rings. The van der Waals surface area contributed by atoms with E-state index >= 15 is 0 Å². The number of hydrogen-bond donors (Lipinski definition) is 1. The summed E-state index contributed by atoms with van der Waals surface area (Å²) in [5.74, 6) is 0.961. The topological polar surface area (TPSA) is 52.0 Å². The molecule has 0 aromatic carbocycles. The molecular weight excluding hydrogens is 224 g/mol. The normalized spacial score (nSPS) is 19.8. The largest absolute Gasteiger partial charge is 0.354 e. The molecule has 1 aromatic rings. The van der Waals surface area contributed by atoms with Gasteiger partial charge in [0.1, 0.15) is 11.9 Å². The van der Waals surface area contributed by atoms with Gasteiger partial charge in [-0.1, -0.05) is 0 Å². The molecule has 1 aliphatic heterocycles. The Kier molecular flexibility index (Phi) is 4.53. The molecule has 16 heavy (non-hydrogen) atoms. The van der Waals surface area contributed by atoms with E-state index in [1.807, 2.05) is 12.1 Å². The molecule has 0 radical (unpaired) electrons. The van der Waals surface area contributed by atoms with E-state index < -0.39 is 0 Å². The Morgan fingerprint density at radius 3 is 2.94 bits per heavy atom. The summed E-state index contributed by atoms with van der Waals surface area (Å²) < 4.78 is 0. The van der Waals surface area contributed by atoms with Crippen LogP contribution in [0.1, 0.15) is 12.5 Å². The number of nitrogens with zero attached hydrogens (tertiary/aromatic N) is 3. The fourth-order valence-electron chi connectivity index (χ4n) is 1.78. The molecule has 5 heteroatoms. The molecule has 1 N–H and O–H groups in total. The Hall–Kier alpha value is -1.31. The van der Waals surface area contributed by atoms with E-state index in [0.29, 0.717) is 11.6 Å². The number of nitriles is 1. The van der Waals surface area contributed by atoms with Crippen LogP contribution in [0, 0.1) is 11.3 Å². The second kappa shape index (κ2) is 5.69. The summed E-state index contributed by atoms with van der Waals surface area (Å²) >= 11 is 0. The van der Waals surface area contributed by atoms with Crippen LogP contribution in [0.25, 0.3) is 0 Å². The van der Waals surface area contributed by atoms with Crippen LogP contribution < -0.4 is 10.2 Å². The first-order valence-corrected chi connectivity index (χ1v) is 5.14. The van der Waals surface area contributed by atoms with Gasteiger partial charge >= 0.3 is 0 Å². The van der Waals surface area contributed by atoms with Gasteiger partial charge in [-0.05, 0) is 19.1 Å². The molecule has 86 valence electrons. The van der Waals surface area contributed by atoms with Crippen molar-refractivity contribution in [2.45, 2.75) is 13.0 Å². The summed E-state index contributed by atoms with van der Waals surface area (Å²) in [6, 6.07) is 6.30. The van der Waals surface area contributed by atoms with Crippen LogP contribution in [-0.2, 0) is 0 Å². The number of halogens is 1. The Morgan fingerprint density at radius 1 is 1.56 bits per heavy atom. The lowest BCUT2D eigenvalue weighted by atomic mass is 10.2. The summed E-state index contributed by atoms with van der Waals surface area (Å²) in [5, 5.41) is 12.0. The number of anilines is 1. The van der Waals surface area contributed by atoms with E-state index in [1.54, 1.807) is 6.20 Å². The lowest BCUT2D eigenvalue weighted by molar-refractivity contribution is 0.482. The molecule has 0 bridgehead atoms. The first kappa shape index (κ1) is 12.8. The summed E-state index contributed by atoms with van der Waals surface area (Å²) in [4.78, 5) is 6.52. The van der Waals surface area contributed by atoms with Crippen molar-refractivity contribution in [3.63, 3.8) is 0 Å². The highest BCUT2D eigenvalue weighted by molar-refractivity contribution is 5.85. The molecule has 1 atom stereocenters. The molecule has 1 unspecified atom stereocenters. The average molecular weight is 239 g/mol. The molecule has 1 aromatic heterocycles. The monoisotopic (exact) mass is 238 g/mol. The van der Waals surface area contributed by atoms with Gasteiger partial charge in [0.05, 0.1) is 5.56 Å². The van der Waals surface area contributed by atoms with Gasteiger partial charge in [-0.2, -0.15) is 5.26 Å². The van der Waals surface area contributed by atoms with E-state index in [2.05, 4.69) is 28.2 Å². The molecule has 1 saturated heterocycles. The quantitative estimate of drug-likeness (QED) is 0.798. The fourth-order valence-corrected chi connectivity index (χ4v) is 1.78. The van der Waals surface area contributed by atoms with Gasteiger partial charge in [-0.15, -0.1) is 12.4 Å². The van der Waals surface area contributed by atoms with Crippen molar-refractivity contribution in [1.29, 1.82) is 5.26 Å². The first-order valence-electron chi connectivity index (χ1n) is 5.14. The third-order valence-electron chi connectivity index (χ3n) is 2.57. The maximum absolute atomic E-state index is 8.67. The Balaban J connectivity index is 0.00000128. The van der Waals surface area contributed by atoms with Gasteiger partial charge in [-0.25, -0.2) is 4.98 Å². The van der Waals surface area contributed by atoms with Crippen molar-refractivity contribution in [2.24, 2.45) is 0 Å². The van der Waals surface area contributed by atoms with E-state index in [9.17, 15) is 0 Å². The van der Waals surface area contributed by atoms with Crippen molar-refractivity contribution in [3.8, 4) is 6.07 Å². The van der Waals surface area contributed by atoms with Crippen LogP contribution in [0.5, 0.6) is 0 Å². The van der Waals surface area contributed by atoms with Gasteiger partial charge in [0, 0.05) is 31.9 Å². The SMILES string of the molecule is CC1CN(c2ccc(C#N)cn2)CCN1.Cl. The predicted octanol–water partition coefficient (Wildman–Crippen LogP) is 1.17. The van der Waals surface area contributed by atoms with Gasteiger partial charge < -0.3 is 10.2 Å². The van der Waals surface area contributed by atoms with Crippen molar-refractivity contribution in [1.82, 2.24) is 10.3 Å². The number of pyridine rings is 1. The van der Waals surface area contributed by atoms with Crippen molar-refractivity contribution < 1.29 is 0 Å². The molecule has 0 amide bonds. The van der Waals surface area contributed by atoms with Gasteiger partial charge in [0.25, 0.3) is 0 Å². The van der Waals surface area contributed by atoms with Crippen LogP contribution in [0.3, 0.4) is 0 Å². The third kappa shape index (κ3) is 2.84. The zero-order valence-corrected chi connectivity index (χ0v) is 10.00. The maximum Gasteiger partial charge on any atom is 0.128 e. The zero-order chi connectivity index (χ0) is 10.7. The number of aromatic nitrogens is 1. The van der Waals surface area contributed by atoms with Crippen molar-refractivity contribution in [2.75, 3.05) is 24.5 Å². The molecule has 0 saturated carbocycles. The minimum absolute atomic E-state index is 0. The standard InChI is InChI=1S/C11H14N4.ClH/c1-9-8-15(5-4-13-9)11-3-2-10(6-12)7-14-11;/h2-3,7,9,13H,4-5,8H2,1H3;1H. The summed E-state index contributed by atoms with van der Waals surface area (Å²) in [7, 11) is 0. The summed E-state index contributed by atoms with van der Waals surface area (Å²) in [6.45, 7) is 5.10. The van der Waals surface area contributed by atoms with Crippen LogP contribution >= 0.6 is 12.4 Å². The van der Waals surface area contributed by atoms with Gasteiger partial charge in [0.2, 0.25) is 0 Å². The molecule has 0 spiro atoms. The number of nitrogens with one attached hydrogen (secondary N) is 1. The Bertz CT molecular complexity index is 371. The van der Waals surface area contributed by atoms with Crippen molar-refractivity contribution >= 4 is 18.2 Å². The van der Waals surface area contributed by atoms with E-state index in [1.165, 1.54) is 0 Å². The third-order valence-corrected chi connectivity index (χ3v) is 2.57. The van der Waals surface area contributed by atoms with E-state index in [0.717, 1.165) is 25.5 Å². The van der Waals surface area contributed by atoms with Gasteiger partial charge in [0.15, 0.2) is 0 Å². The Morgan fingerprint density at radius 2 is 2.38 bits per heavy atom. The summed E-state index contributed by atoms with van der Waals surface area (Å²) in [6.07, 6.45) is 1.63. The smallest absolute Gasteiger partial charge is 0.128 e. The highest BCUT2D eigenvalue weighted by Gasteiger charge is 2.16. The molecule has 1 fully saturated rings. The van der Waals surface area contributed by atoms with Crippen LogP contribution in [0.4, 0.5) is 5.82 Å². The fraction of sp³-hybridized carbons (Fsp3) is 0.455. The molecule has 2 rings (SSSR count). The van der Waals surface area contributed by atoms with Crippen LogP contribution in [0.15, 0.2) is 18.3 Å². The summed E-state index contributed by atoms with van der Waals surface area (Å²) in [5.41, 5.74) is 0.613. The Labute approximate surface area is 102 Å². The van der Waals surface area contributed by atoms with Crippen LogP contribution in [-0.4, -0.2) is 30.7 Å². The second-order valence-corrected chi connectivity index (χ2v) is 3.82. The minimum Gasteiger partial charge on any atom is -0.354 e. The highest BCUT2D eigenvalue weighted by atomic mass is 35.5. The number of rotatable bonds is 1. The minimum atomic E-state index is 0. The van der Waals surface area contributed by atoms with E-state index in [-0.39, 0.29) is 12.4 Å². The first-order chi connectivity index (χ1) is 7.29. The second-order valence-electron chi connectivity index (χ2n) is 3.82. The van der Waals surface area contributed by atoms with Gasteiger partial charge in [-0.3, -0.25) is 0 Å². The number of piperazine rings is 1. The highest BCUT2D eigenvalue weighted by Crippen LogP contribution is 2.12. The maximum atomic E-state index is 8.67. The lowest BCUT2D eigenvalue weighted by Crippen LogP contribution is -2.49. The zero-order valence-electron chi connectivity index (χ0n) is 9.18. The molecule has 2 heterocycles. The van der Waals surface area contributed by atoms with E-state index in [4.69, 9.17) is 5.26 Å². The van der Waals surface area contributed by atoms with Crippen molar-refractivity contribution in [3.05, 3.63) is 23.9 Å². The average Bonchev–Trinajstić information content (AvgIpc) is 2.29. The molecule has 4 nitrogen and oxygen atoms in total. The lowest BCUT2D eigenvalue weighted by Gasteiger charge is -2.32. The number of hydrogen-bond acceptors (Lipinski definition) is 4. The molecular formula is C11H15ClN4. The van der Waals surface area contributed by atoms with Crippen LogP contribution in [0.2, 0.25) is 0 Å².